The van der Waals surface area contributed by atoms with Gasteiger partial charge in [0.25, 0.3) is 0 Å². The zero-order chi connectivity index (χ0) is 15.9. The molecule has 0 aromatic heterocycles. The third-order valence-electron chi connectivity index (χ3n) is 2.74. The van der Waals surface area contributed by atoms with Crippen LogP contribution in [0, 0.1) is 5.92 Å². The van der Waals surface area contributed by atoms with Crippen molar-refractivity contribution >= 4 is 12.1 Å². The largest absolute Gasteiger partial charge is 0.514 e. The Balaban J connectivity index is 1.79. The maximum absolute atomic E-state index is 11.6. The van der Waals surface area contributed by atoms with Gasteiger partial charge in [-0.2, -0.15) is 0 Å². The molecule has 0 fully saturated rings. The van der Waals surface area contributed by atoms with Crippen molar-refractivity contribution in [3.05, 3.63) is 18.2 Å². The maximum Gasteiger partial charge on any atom is 0.514 e. The first-order chi connectivity index (χ1) is 10.6. The van der Waals surface area contributed by atoms with Crippen molar-refractivity contribution in [2.75, 3.05) is 26.4 Å². The van der Waals surface area contributed by atoms with Crippen LogP contribution in [-0.2, 0) is 14.3 Å². The second-order valence-corrected chi connectivity index (χ2v) is 4.80. The number of carbonyl (C=O) groups excluding carboxylic acids is 2. The summed E-state index contributed by atoms with van der Waals surface area (Å²) >= 11 is 0. The second kappa shape index (κ2) is 7.53. The van der Waals surface area contributed by atoms with Crippen molar-refractivity contribution in [1.29, 1.82) is 0 Å². The van der Waals surface area contributed by atoms with Gasteiger partial charge in [0, 0.05) is 0 Å². The number of esters is 1. The predicted molar refractivity (Wildman–Crippen MR) is 75.2 cm³/mol. The van der Waals surface area contributed by atoms with Crippen molar-refractivity contribution in [1.82, 2.24) is 0 Å². The highest BCUT2D eigenvalue weighted by Crippen LogP contribution is 2.39. The summed E-state index contributed by atoms with van der Waals surface area (Å²) in [5.74, 6) is 0.542. The Kier molecular flexibility index (Phi) is 5.46. The van der Waals surface area contributed by atoms with Crippen molar-refractivity contribution < 1.29 is 33.3 Å². The van der Waals surface area contributed by atoms with Crippen LogP contribution in [0.25, 0.3) is 0 Å². The average Bonchev–Trinajstić information content (AvgIpc) is 2.51. The number of benzene rings is 1. The fourth-order valence-electron chi connectivity index (χ4n) is 1.68. The summed E-state index contributed by atoms with van der Waals surface area (Å²) < 4.78 is 25.6. The topological polar surface area (TPSA) is 80.3 Å². The summed E-state index contributed by atoms with van der Waals surface area (Å²) in [6.45, 7) is 4.17. The molecule has 1 aromatic rings. The van der Waals surface area contributed by atoms with Crippen molar-refractivity contribution in [2.45, 2.75) is 13.8 Å². The lowest BCUT2D eigenvalue weighted by Gasteiger charge is -2.20. The van der Waals surface area contributed by atoms with Crippen LogP contribution in [0.3, 0.4) is 0 Å². The van der Waals surface area contributed by atoms with E-state index in [1.807, 2.05) is 0 Å². The lowest BCUT2D eigenvalue weighted by Crippen LogP contribution is -2.20. The van der Waals surface area contributed by atoms with Crippen LogP contribution in [0.2, 0.25) is 0 Å². The molecular formula is C15H18O7. The van der Waals surface area contributed by atoms with E-state index in [1.54, 1.807) is 32.0 Å². The molecule has 7 heteroatoms. The molecule has 0 bridgehead atoms. The SMILES string of the molecule is CC(C)C(=O)OCCOC(=O)Oc1cccc2c1OCCO2. The quantitative estimate of drug-likeness (QED) is 0.468. The van der Waals surface area contributed by atoms with E-state index in [2.05, 4.69) is 0 Å². The van der Waals surface area contributed by atoms with Crippen LogP contribution in [0.15, 0.2) is 18.2 Å². The molecule has 0 saturated heterocycles. The fourth-order valence-corrected chi connectivity index (χ4v) is 1.68. The van der Waals surface area contributed by atoms with Crippen LogP contribution >= 0.6 is 0 Å². The molecule has 7 nitrogen and oxygen atoms in total. The molecule has 0 amide bonds. The molecule has 1 heterocycles. The smallest absolute Gasteiger partial charge is 0.486 e. The van der Waals surface area contributed by atoms with Crippen LogP contribution in [0.5, 0.6) is 17.2 Å². The first kappa shape index (κ1) is 15.9. The van der Waals surface area contributed by atoms with E-state index >= 15 is 0 Å². The van der Waals surface area contributed by atoms with Crippen molar-refractivity contribution in [3.8, 4) is 17.2 Å². The van der Waals surface area contributed by atoms with Gasteiger partial charge in [-0.15, -0.1) is 0 Å². The monoisotopic (exact) mass is 310 g/mol. The Morgan fingerprint density at radius 2 is 1.86 bits per heavy atom. The minimum atomic E-state index is -0.900. The zero-order valence-corrected chi connectivity index (χ0v) is 12.5. The first-order valence-electron chi connectivity index (χ1n) is 6.98. The Morgan fingerprint density at radius 1 is 1.14 bits per heavy atom. The summed E-state index contributed by atoms with van der Waals surface area (Å²) in [4.78, 5) is 22.8. The van der Waals surface area contributed by atoms with Crippen LogP contribution in [-0.4, -0.2) is 38.6 Å². The van der Waals surface area contributed by atoms with Gasteiger partial charge < -0.3 is 23.7 Å². The Morgan fingerprint density at radius 3 is 2.64 bits per heavy atom. The number of hydrogen-bond acceptors (Lipinski definition) is 7. The van der Waals surface area contributed by atoms with E-state index in [1.165, 1.54) is 0 Å². The van der Waals surface area contributed by atoms with Gasteiger partial charge in [0.05, 0.1) is 5.92 Å². The molecule has 1 aliphatic heterocycles. The zero-order valence-electron chi connectivity index (χ0n) is 12.5. The van der Waals surface area contributed by atoms with E-state index < -0.39 is 6.16 Å². The van der Waals surface area contributed by atoms with E-state index in [0.717, 1.165) is 0 Å². The van der Waals surface area contributed by atoms with Gasteiger partial charge in [0.2, 0.25) is 5.75 Å². The lowest BCUT2D eigenvalue weighted by atomic mass is 10.2. The highest BCUT2D eigenvalue weighted by molar-refractivity contribution is 5.71. The van der Waals surface area contributed by atoms with Crippen LogP contribution < -0.4 is 14.2 Å². The molecule has 0 N–H and O–H groups in total. The second-order valence-electron chi connectivity index (χ2n) is 4.80. The standard InChI is InChI=1S/C15H18O7/c1-10(2)14(16)20-8-9-21-15(17)22-12-5-3-4-11-13(12)19-7-6-18-11/h3-5,10H,6-9H2,1-2H3. The number of para-hydroxylation sites is 1. The Bertz CT molecular complexity index is 539. The van der Waals surface area contributed by atoms with E-state index in [-0.39, 0.29) is 30.9 Å². The molecule has 2 rings (SSSR count). The number of ether oxygens (including phenoxy) is 5. The molecule has 120 valence electrons. The van der Waals surface area contributed by atoms with E-state index in [9.17, 15) is 9.59 Å². The van der Waals surface area contributed by atoms with Gasteiger partial charge in [-0.05, 0) is 12.1 Å². The Hall–Kier alpha value is -2.44. The van der Waals surface area contributed by atoms with Crippen molar-refractivity contribution in [2.24, 2.45) is 5.92 Å². The number of hydrogen-bond donors (Lipinski definition) is 0. The normalized spacial score (nSPS) is 12.7. The molecular weight excluding hydrogens is 292 g/mol. The third kappa shape index (κ3) is 4.28. The van der Waals surface area contributed by atoms with Crippen LogP contribution in [0.4, 0.5) is 4.79 Å². The van der Waals surface area contributed by atoms with Gasteiger partial charge in [0.15, 0.2) is 11.5 Å². The molecule has 0 aliphatic carbocycles. The predicted octanol–water partition coefficient (Wildman–Crippen LogP) is 2.17. The highest BCUT2D eigenvalue weighted by atomic mass is 16.7. The molecule has 0 atom stereocenters. The fraction of sp³-hybridized carbons (Fsp3) is 0.467. The number of fused-ring (bicyclic) bond motifs is 1. The molecule has 1 aliphatic rings. The number of carbonyl (C=O) groups is 2. The maximum atomic E-state index is 11.6. The summed E-state index contributed by atoms with van der Waals surface area (Å²) in [5.41, 5.74) is 0. The Labute approximate surface area is 128 Å². The van der Waals surface area contributed by atoms with E-state index in [0.29, 0.717) is 24.7 Å². The summed E-state index contributed by atoms with van der Waals surface area (Å²) in [7, 11) is 0. The third-order valence-corrected chi connectivity index (χ3v) is 2.74. The molecule has 0 unspecified atom stereocenters. The van der Waals surface area contributed by atoms with Gasteiger partial charge in [-0.3, -0.25) is 4.79 Å². The van der Waals surface area contributed by atoms with Gasteiger partial charge >= 0.3 is 12.1 Å². The number of rotatable bonds is 5. The summed E-state index contributed by atoms with van der Waals surface area (Å²) in [5, 5.41) is 0. The van der Waals surface area contributed by atoms with Gasteiger partial charge in [0.1, 0.15) is 26.4 Å². The van der Waals surface area contributed by atoms with Gasteiger partial charge in [-0.1, -0.05) is 19.9 Å². The lowest BCUT2D eigenvalue weighted by molar-refractivity contribution is -0.148. The first-order valence-corrected chi connectivity index (χ1v) is 6.98. The van der Waals surface area contributed by atoms with Gasteiger partial charge in [-0.25, -0.2) is 4.79 Å². The minimum absolute atomic E-state index is 0.0153. The summed E-state index contributed by atoms with van der Waals surface area (Å²) in [6.07, 6.45) is -0.900. The van der Waals surface area contributed by atoms with Crippen LogP contribution in [0.1, 0.15) is 13.8 Å². The van der Waals surface area contributed by atoms with E-state index in [4.69, 9.17) is 23.7 Å². The highest BCUT2D eigenvalue weighted by Gasteiger charge is 2.19. The molecule has 0 radical (unpaired) electrons. The molecule has 22 heavy (non-hydrogen) atoms. The minimum Gasteiger partial charge on any atom is -0.486 e. The molecule has 1 aromatic carbocycles. The molecule has 0 spiro atoms. The molecule has 0 saturated carbocycles. The average molecular weight is 310 g/mol. The summed E-state index contributed by atoms with van der Waals surface area (Å²) in [6, 6.07) is 4.98. The van der Waals surface area contributed by atoms with Crippen molar-refractivity contribution in [3.63, 3.8) is 0 Å².